The predicted molar refractivity (Wildman–Crippen MR) is 82.1 cm³/mol. The van der Waals surface area contributed by atoms with E-state index < -0.39 is 0 Å². The molecular weight excluding hydrogens is 286 g/mol. The van der Waals surface area contributed by atoms with Gasteiger partial charge in [-0.15, -0.1) is 11.3 Å². The predicted octanol–water partition coefficient (Wildman–Crippen LogP) is 0.843. The maximum Gasteiger partial charge on any atom is 0.236 e. The van der Waals surface area contributed by atoms with Crippen molar-refractivity contribution in [3.63, 3.8) is 0 Å². The number of nitrogens with zero attached hydrogens (tertiary/aromatic N) is 2. The topological polar surface area (TPSA) is 52.7 Å². The van der Waals surface area contributed by atoms with Crippen LogP contribution in [0.5, 0.6) is 0 Å². The van der Waals surface area contributed by atoms with Crippen molar-refractivity contribution in [2.75, 3.05) is 26.7 Å². The fraction of sp³-hybridized carbons (Fsp3) is 0.600. The van der Waals surface area contributed by atoms with Crippen LogP contribution < -0.4 is 5.32 Å². The van der Waals surface area contributed by atoms with Gasteiger partial charge < -0.3 is 15.1 Å². The molecule has 1 atom stereocenters. The van der Waals surface area contributed by atoms with Crippen LogP contribution >= 0.6 is 11.3 Å². The molecule has 2 aliphatic heterocycles. The zero-order valence-corrected chi connectivity index (χ0v) is 13.1. The molecule has 6 heteroatoms. The van der Waals surface area contributed by atoms with Crippen molar-refractivity contribution in [2.24, 2.45) is 0 Å². The number of hydrogen-bond acceptors (Lipinski definition) is 4. The lowest BCUT2D eigenvalue weighted by Crippen LogP contribution is -2.50. The number of piperidine rings is 1. The third-order valence-electron chi connectivity index (χ3n) is 4.33. The van der Waals surface area contributed by atoms with Crippen molar-refractivity contribution in [3.8, 4) is 0 Å². The Morgan fingerprint density at radius 1 is 1.48 bits per heavy atom. The van der Waals surface area contributed by atoms with Crippen molar-refractivity contribution in [1.82, 2.24) is 15.1 Å². The van der Waals surface area contributed by atoms with Crippen molar-refractivity contribution in [2.45, 2.75) is 31.8 Å². The Morgan fingerprint density at radius 3 is 3.14 bits per heavy atom. The van der Waals surface area contributed by atoms with Crippen LogP contribution in [0.15, 0.2) is 11.4 Å². The number of hydrogen-bond donors (Lipinski definition) is 1. The van der Waals surface area contributed by atoms with E-state index in [9.17, 15) is 9.59 Å². The molecule has 1 unspecified atom stereocenters. The molecule has 114 valence electrons. The molecule has 0 radical (unpaired) electrons. The van der Waals surface area contributed by atoms with Gasteiger partial charge in [0.05, 0.1) is 6.54 Å². The summed E-state index contributed by atoms with van der Waals surface area (Å²) in [6.45, 7) is 2.62. The van der Waals surface area contributed by atoms with E-state index in [4.69, 9.17) is 0 Å². The van der Waals surface area contributed by atoms with Gasteiger partial charge in [0.2, 0.25) is 11.8 Å². The number of likely N-dealkylation sites (N-methyl/N-ethyl adjacent to an activating group) is 1. The fourth-order valence-electron chi connectivity index (χ4n) is 2.98. The molecule has 5 nitrogen and oxygen atoms in total. The Labute approximate surface area is 128 Å². The summed E-state index contributed by atoms with van der Waals surface area (Å²) in [4.78, 5) is 28.8. The highest BCUT2D eigenvalue weighted by Crippen LogP contribution is 2.23. The van der Waals surface area contributed by atoms with Crippen LogP contribution in [-0.2, 0) is 22.6 Å². The van der Waals surface area contributed by atoms with Gasteiger partial charge in [0.15, 0.2) is 0 Å². The van der Waals surface area contributed by atoms with E-state index in [0.29, 0.717) is 19.5 Å². The van der Waals surface area contributed by atoms with Crippen LogP contribution in [0.2, 0.25) is 0 Å². The number of carbonyl (C=O) groups excluding carboxylic acids is 2. The monoisotopic (exact) mass is 307 g/mol. The van der Waals surface area contributed by atoms with Crippen LogP contribution in [0.1, 0.15) is 23.3 Å². The zero-order valence-electron chi connectivity index (χ0n) is 12.3. The third kappa shape index (κ3) is 3.27. The molecule has 0 spiro atoms. The quantitative estimate of drug-likeness (QED) is 0.900. The molecule has 0 aromatic carbocycles. The van der Waals surface area contributed by atoms with Gasteiger partial charge in [-0.3, -0.25) is 9.59 Å². The summed E-state index contributed by atoms with van der Waals surface area (Å²) in [5.74, 6) is 0.354. The van der Waals surface area contributed by atoms with E-state index in [1.807, 2.05) is 11.9 Å². The van der Waals surface area contributed by atoms with Gasteiger partial charge in [0, 0.05) is 44.0 Å². The van der Waals surface area contributed by atoms with E-state index in [1.54, 1.807) is 16.2 Å². The van der Waals surface area contributed by atoms with Crippen molar-refractivity contribution < 1.29 is 9.59 Å². The first-order valence-corrected chi connectivity index (χ1v) is 8.32. The van der Waals surface area contributed by atoms with Crippen LogP contribution in [0, 0.1) is 0 Å². The summed E-state index contributed by atoms with van der Waals surface area (Å²) in [7, 11) is 1.82. The Hall–Kier alpha value is -1.40. The summed E-state index contributed by atoms with van der Waals surface area (Å²) >= 11 is 1.78. The highest BCUT2D eigenvalue weighted by Gasteiger charge is 2.25. The molecule has 1 aromatic rings. The molecule has 2 aliphatic rings. The summed E-state index contributed by atoms with van der Waals surface area (Å²) in [5, 5.41) is 5.41. The van der Waals surface area contributed by atoms with E-state index in [-0.39, 0.29) is 17.9 Å². The van der Waals surface area contributed by atoms with Gasteiger partial charge in [-0.2, -0.15) is 0 Å². The number of fused-ring (bicyclic) bond motifs is 1. The van der Waals surface area contributed by atoms with Crippen LogP contribution in [0.4, 0.5) is 0 Å². The lowest BCUT2D eigenvalue weighted by atomic mass is 10.1. The summed E-state index contributed by atoms with van der Waals surface area (Å²) in [6.07, 6.45) is 2.37. The molecule has 0 aliphatic carbocycles. The Morgan fingerprint density at radius 2 is 2.33 bits per heavy atom. The van der Waals surface area contributed by atoms with Gasteiger partial charge in [-0.05, 0) is 29.9 Å². The van der Waals surface area contributed by atoms with Gasteiger partial charge in [0.25, 0.3) is 0 Å². The van der Waals surface area contributed by atoms with Crippen molar-refractivity contribution >= 4 is 23.2 Å². The zero-order chi connectivity index (χ0) is 14.8. The van der Waals surface area contributed by atoms with Crippen LogP contribution in [0.3, 0.4) is 0 Å². The second kappa shape index (κ2) is 6.15. The molecule has 21 heavy (non-hydrogen) atoms. The smallest absolute Gasteiger partial charge is 0.236 e. The summed E-state index contributed by atoms with van der Waals surface area (Å²) in [5.41, 5.74) is 1.29. The number of rotatable bonds is 3. The molecule has 1 N–H and O–H groups in total. The van der Waals surface area contributed by atoms with Gasteiger partial charge in [-0.1, -0.05) is 0 Å². The van der Waals surface area contributed by atoms with Gasteiger partial charge in [-0.25, -0.2) is 0 Å². The highest BCUT2D eigenvalue weighted by molar-refractivity contribution is 7.10. The Bertz CT molecular complexity index is 543. The lowest BCUT2D eigenvalue weighted by Gasteiger charge is -2.31. The molecule has 0 bridgehead atoms. The number of thiophene rings is 1. The molecule has 0 saturated carbocycles. The minimum Gasteiger partial charge on any atom is -0.344 e. The average molecular weight is 307 g/mol. The molecule has 3 rings (SSSR count). The highest BCUT2D eigenvalue weighted by atomic mass is 32.1. The first-order valence-electron chi connectivity index (χ1n) is 7.44. The number of likely N-dealkylation sites (tertiary alicyclic amines) is 1. The minimum atomic E-state index is 0.159. The molecule has 1 aromatic heterocycles. The largest absolute Gasteiger partial charge is 0.344 e. The maximum atomic E-state index is 12.3. The van der Waals surface area contributed by atoms with E-state index >= 15 is 0 Å². The van der Waals surface area contributed by atoms with Crippen molar-refractivity contribution in [1.29, 1.82) is 0 Å². The summed E-state index contributed by atoms with van der Waals surface area (Å²) in [6, 6.07) is 2.35. The fourth-order valence-corrected chi connectivity index (χ4v) is 3.87. The summed E-state index contributed by atoms with van der Waals surface area (Å²) < 4.78 is 0. The molecule has 3 heterocycles. The van der Waals surface area contributed by atoms with Crippen LogP contribution in [-0.4, -0.2) is 54.3 Å². The number of amides is 2. The van der Waals surface area contributed by atoms with E-state index in [2.05, 4.69) is 16.8 Å². The maximum absolute atomic E-state index is 12.3. The van der Waals surface area contributed by atoms with Crippen LogP contribution in [0.25, 0.3) is 0 Å². The molecule has 1 fully saturated rings. The first kappa shape index (κ1) is 14.5. The molecule has 2 amide bonds. The number of nitrogens with one attached hydrogen (secondary N) is 1. The molecule has 1 saturated heterocycles. The lowest BCUT2D eigenvalue weighted by molar-refractivity contribution is -0.132. The second-order valence-corrected chi connectivity index (χ2v) is 6.83. The van der Waals surface area contributed by atoms with Gasteiger partial charge >= 0.3 is 0 Å². The Balaban J connectivity index is 1.48. The third-order valence-corrected chi connectivity index (χ3v) is 5.35. The average Bonchev–Trinajstić information content (AvgIpc) is 2.95. The number of carbonyl (C=O) groups is 2. The second-order valence-electron chi connectivity index (χ2n) is 5.83. The molecular formula is C15H21N3O2S. The standard InChI is InChI=1S/C15H21N3O2S/c1-17-10-12(2-3-14(17)19)16-8-15(20)18-6-4-13-11(9-18)5-7-21-13/h5,7,12,16H,2-4,6,8-10H2,1H3. The Kier molecular flexibility index (Phi) is 4.26. The minimum absolute atomic E-state index is 0.159. The van der Waals surface area contributed by atoms with E-state index in [1.165, 1.54) is 10.4 Å². The SMILES string of the molecule is CN1CC(NCC(=O)N2CCc3sccc3C2)CCC1=O. The normalized spacial score (nSPS) is 22.3. The first-order chi connectivity index (χ1) is 10.1. The van der Waals surface area contributed by atoms with E-state index in [0.717, 1.165) is 25.9 Å². The van der Waals surface area contributed by atoms with Gasteiger partial charge in [0.1, 0.15) is 0 Å². The van der Waals surface area contributed by atoms with Crippen molar-refractivity contribution in [3.05, 3.63) is 21.9 Å².